The van der Waals surface area contributed by atoms with Crippen molar-refractivity contribution in [3.63, 3.8) is 0 Å². The zero-order chi connectivity index (χ0) is 16.7. The molecule has 0 unspecified atom stereocenters. The van der Waals surface area contributed by atoms with Gasteiger partial charge in [0.15, 0.2) is 5.16 Å². The van der Waals surface area contributed by atoms with E-state index in [1.54, 1.807) is 0 Å². The summed E-state index contributed by atoms with van der Waals surface area (Å²) in [4.78, 5) is 34.4. The molecule has 2 rings (SSSR count). The van der Waals surface area contributed by atoms with Crippen molar-refractivity contribution in [2.45, 2.75) is 18.1 Å². The number of H-pyrrole nitrogens is 1. The maximum Gasteiger partial charge on any atom is 0.343 e. The van der Waals surface area contributed by atoms with Gasteiger partial charge in [0.1, 0.15) is 0 Å². The molecule has 3 amide bonds. The molecule has 0 radical (unpaired) electrons. The first-order valence-corrected chi connectivity index (χ1v) is 7.92. The van der Waals surface area contributed by atoms with Crippen LogP contribution in [0.5, 0.6) is 0 Å². The molecule has 0 aliphatic carbocycles. The van der Waals surface area contributed by atoms with Crippen molar-refractivity contribution in [1.29, 1.82) is 0 Å². The Kier molecular flexibility index (Phi) is 5.98. The van der Waals surface area contributed by atoms with Crippen LogP contribution in [0.4, 0.5) is 4.79 Å². The zero-order valence-corrected chi connectivity index (χ0v) is 13.4. The van der Waals surface area contributed by atoms with E-state index in [2.05, 4.69) is 20.8 Å². The third-order valence-electron chi connectivity index (χ3n) is 3.00. The molecule has 23 heavy (non-hydrogen) atoms. The number of imide groups is 1. The van der Waals surface area contributed by atoms with E-state index in [0.717, 1.165) is 17.3 Å². The minimum atomic E-state index is -0.570. The Bertz CT molecular complexity index is 726. The van der Waals surface area contributed by atoms with Crippen molar-refractivity contribution in [2.24, 2.45) is 0 Å². The van der Waals surface area contributed by atoms with Crippen LogP contribution in [0.3, 0.4) is 0 Å². The molecular weight excluding hydrogens is 318 g/mol. The highest BCUT2D eigenvalue weighted by atomic mass is 32.2. The van der Waals surface area contributed by atoms with Gasteiger partial charge in [-0.25, -0.2) is 14.7 Å². The van der Waals surface area contributed by atoms with Crippen molar-refractivity contribution >= 4 is 23.7 Å². The molecule has 1 heterocycles. The maximum atomic E-state index is 11.8. The van der Waals surface area contributed by atoms with Crippen molar-refractivity contribution in [2.75, 3.05) is 12.8 Å². The van der Waals surface area contributed by atoms with Crippen molar-refractivity contribution in [1.82, 2.24) is 25.4 Å². The fraction of sp³-hybridized carbons (Fsp3) is 0.286. The lowest BCUT2D eigenvalue weighted by Gasteiger charge is -2.06. The van der Waals surface area contributed by atoms with E-state index in [1.165, 1.54) is 11.6 Å². The topological polar surface area (TPSA) is 109 Å². The average molecular weight is 335 g/mol. The van der Waals surface area contributed by atoms with Gasteiger partial charge in [-0.15, -0.1) is 5.10 Å². The number of thioether (sulfide) groups is 1. The summed E-state index contributed by atoms with van der Waals surface area (Å²) >= 11 is 1.09. The maximum absolute atomic E-state index is 11.8. The Balaban J connectivity index is 1.94. The summed E-state index contributed by atoms with van der Waals surface area (Å²) < 4.78 is 1.48. The van der Waals surface area contributed by atoms with Gasteiger partial charge < -0.3 is 5.32 Å². The molecule has 0 fully saturated rings. The number of carbonyl (C=O) groups is 2. The minimum absolute atomic E-state index is 0.0109. The highest BCUT2D eigenvalue weighted by Crippen LogP contribution is 2.13. The highest BCUT2D eigenvalue weighted by Gasteiger charge is 2.12. The molecule has 0 bridgehead atoms. The summed E-state index contributed by atoms with van der Waals surface area (Å²) in [5.41, 5.74) is 0.782. The first kappa shape index (κ1) is 16.8. The number of amides is 3. The van der Waals surface area contributed by atoms with E-state index in [1.807, 2.05) is 30.3 Å². The molecule has 122 valence electrons. The molecule has 9 heteroatoms. The number of benzene rings is 1. The van der Waals surface area contributed by atoms with E-state index >= 15 is 0 Å². The van der Waals surface area contributed by atoms with Gasteiger partial charge in [0.25, 0.3) is 0 Å². The lowest BCUT2D eigenvalue weighted by molar-refractivity contribution is -0.117. The van der Waals surface area contributed by atoms with E-state index in [4.69, 9.17) is 0 Å². The summed E-state index contributed by atoms with van der Waals surface area (Å²) in [5, 5.41) is 11.1. The molecule has 0 spiro atoms. The predicted molar refractivity (Wildman–Crippen MR) is 86.3 cm³/mol. The van der Waals surface area contributed by atoms with Gasteiger partial charge in [-0.3, -0.25) is 14.7 Å². The molecule has 0 saturated carbocycles. The number of nitrogens with one attached hydrogen (secondary N) is 3. The number of hydrogen-bond donors (Lipinski definition) is 3. The quantitative estimate of drug-likeness (QED) is 0.661. The normalized spacial score (nSPS) is 10.3. The van der Waals surface area contributed by atoms with Gasteiger partial charge in [0.05, 0.1) is 5.75 Å². The molecule has 0 saturated heterocycles. The molecule has 1 aromatic heterocycles. The van der Waals surface area contributed by atoms with Crippen LogP contribution in [0.25, 0.3) is 0 Å². The Morgan fingerprint density at radius 2 is 2.04 bits per heavy atom. The monoisotopic (exact) mass is 335 g/mol. The molecule has 8 nitrogen and oxygen atoms in total. The standard InChI is InChI=1S/C14H17N5O3S/c1-15-12(21)16-11(20)9-23-14-18-17-13(22)19(14)8-7-10-5-3-2-4-6-10/h2-6H,7-9H2,1H3,(H,17,22)(H2,15,16,20,21). The van der Waals surface area contributed by atoms with Crippen LogP contribution < -0.4 is 16.3 Å². The van der Waals surface area contributed by atoms with E-state index < -0.39 is 11.9 Å². The number of carbonyl (C=O) groups excluding carboxylic acids is 2. The first-order valence-electron chi connectivity index (χ1n) is 6.93. The van der Waals surface area contributed by atoms with Gasteiger partial charge in [-0.05, 0) is 12.0 Å². The fourth-order valence-corrected chi connectivity index (χ4v) is 2.62. The van der Waals surface area contributed by atoms with Crippen LogP contribution in [0, 0.1) is 0 Å². The van der Waals surface area contributed by atoms with Gasteiger partial charge in [0.2, 0.25) is 5.91 Å². The Hall–Kier alpha value is -2.55. The molecule has 0 aliphatic rings. The van der Waals surface area contributed by atoms with E-state index in [9.17, 15) is 14.4 Å². The zero-order valence-electron chi connectivity index (χ0n) is 12.5. The average Bonchev–Trinajstić information content (AvgIpc) is 2.92. The van der Waals surface area contributed by atoms with Crippen LogP contribution in [-0.2, 0) is 17.8 Å². The molecule has 0 atom stereocenters. The van der Waals surface area contributed by atoms with Crippen LogP contribution in [0.15, 0.2) is 40.3 Å². The number of hydrogen-bond acceptors (Lipinski definition) is 5. The summed E-state index contributed by atoms with van der Waals surface area (Å²) in [7, 11) is 1.42. The number of urea groups is 1. The third-order valence-corrected chi connectivity index (χ3v) is 3.98. The lowest BCUT2D eigenvalue weighted by Crippen LogP contribution is -2.38. The van der Waals surface area contributed by atoms with E-state index in [-0.39, 0.29) is 11.4 Å². The van der Waals surface area contributed by atoms with Gasteiger partial charge in [0, 0.05) is 13.6 Å². The van der Waals surface area contributed by atoms with Crippen molar-refractivity contribution < 1.29 is 9.59 Å². The largest absolute Gasteiger partial charge is 0.343 e. The number of nitrogens with zero attached hydrogens (tertiary/aromatic N) is 2. The van der Waals surface area contributed by atoms with Crippen molar-refractivity contribution in [3.8, 4) is 0 Å². The molecule has 0 aliphatic heterocycles. The summed E-state index contributed by atoms with van der Waals surface area (Å²) in [6.07, 6.45) is 0.679. The number of aromatic amines is 1. The molecule has 3 N–H and O–H groups in total. The van der Waals surface area contributed by atoms with Crippen LogP contribution >= 0.6 is 11.8 Å². The van der Waals surface area contributed by atoms with Crippen LogP contribution in [-0.4, -0.2) is 39.5 Å². The minimum Gasteiger partial charge on any atom is -0.341 e. The number of aromatic nitrogens is 3. The van der Waals surface area contributed by atoms with Gasteiger partial charge in [-0.2, -0.15) is 0 Å². The number of aryl methyl sites for hydroxylation is 1. The Morgan fingerprint density at radius 1 is 1.30 bits per heavy atom. The second-order valence-electron chi connectivity index (χ2n) is 4.61. The van der Waals surface area contributed by atoms with Crippen molar-refractivity contribution in [3.05, 3.63) is 46.4 Å². The van der Waals surface area contributed by atoms with Crippen LogP contribution in [0.1, 0.15) is 5.56 Å². The summed E-state index contributed by atoms with van der Waals surface area (Å²) in [6, 6.07) is 9.20. The number of rotatable bonds is 6. The Labute approximate surface area is 136 Å². The third kappa shape index (κ3) is 4.99. The summed E-state index contributed by atoms with van der Waals surface area (Å²) in [5.74, 6) is -0.470. The van der Waals surface area contributed by atoms with Crippen LogP contribution in [0.2, 0.25) is 0 Å². The second kappa shape index (κ2) is 8.18. The smallest absolute Gasteiger partial charge is 0.341 e. The highest BCUT2D eigenvalue weighted by molar-refractivity contribution is 7.99. The Morgan fingerprint density at radius 3 is 2.74 bits per heavy atom. The van der Waals surface area contributed by atoms with Gasteiger partial charge in [-0.1, -0.05) is 42.1 Å². The summed E-state index contributed by atoms with van der Waals surface area (Å²) in [6.45, 7) is 0.457. The van der Waals surface area contributed by atoms with E-state index in [0.29, 0.717) is 18.1 Å². The van der Waals surface area contributed by atoms with Gasteiger partial charge >= 0.3 is 11.7 Å². The molecular formula is C14H17N5O3S. The fourth-order valence-electron chi connectivity index (χ4n) is 1.85. The predicted octanol–water partition coefficient (Wildman–Crippen LogP) is 0.362. The SMILES string of the molecule is CNC(=O)NC(=O)CSc1n[nH]c(=O)n1CCc1ccccc1. The lowest BCUT2D eigenvalue weighted by atomic mass is 10.1. The first-order chi connectivity index (χ1) is 11.1. The molecule has 1 aromatic carbocycles. The second-order valence-corrected chi connectivity index (χ2v) is 5.56. The molecule has 2 aromatic rings.